The molecule has 0 bridgehead atoms. The van der Waals surface area contributed by atoms with Gasteiger partial charge in [-0.1, -0.05) is 30.3 Å². The normalized spacial score (nSPS) is 10.4. The molecule has 2 aromatic heterocycles. The monoisotopic (exact) mass is 267 g/mol. The second-order valence-corrected chi connectivity index (χ2v) is 4.29. The molecule has 2 heterocycles. The summed E-state index contributed by atoms with van der Waals surface area (Å²) in [5, 5.41) is 3.55. The van der Waals surface area contributed by atoms with Crippen LogP contribution in [0.4, 0.5) is 10.5 Å². The maximum absolute atomic E-state index is 11.8. The molecule has 2 N–H and O–H groups in total. The van der Waals surface area contributed by atoms with Crippen LogP contribution in [0.15, 0.2) is 54.9 Å². The number of benzene rings is 1. The van der Waals surface area contributed by atoms with Crippen LogP contribution in [0.3, 0.4) is 0 Å². The zero-order valence-corrected chi connectivity index (χ0v) is 10.7. The Bertz CT molecular complexity index is 722. The lowest BCUT2D eigenvalue weighted by Gasteiger charge is -2.06. The summed E-state index contributed by atoms with van der Waals surface area (Å²) in [5.74, 6) is 0. The van der Waals surface area contributed by atoms with E-state index in [1.807, 2.05) is 42.5 Å². The quantitative estimate of drug-likeness (QED) is 0.765. The second kappa shape index (κ2) is 5.44. The lowest BCUT2D eigenvalue weighted by Crippen LogP contribution is -2.13. The number of carbonyl (C=O) groups excluding carboxylic acids is 1. The maximum Gasteiger partial charge on any atom is 0.412 e. The Morgan fingerprint density at radius 2 is 2.05 bits per heavy atom. The van der Waals surface area contributed by atoms with Crippen molar-refractivity contribution in [2.24, 2.45) is 0 Å². The largest absolute Gasteiger partial charge is 0.444 e. The summed E-state index contributed by atoms with van der Waals surface area (Å²) in [6.07, 6.45) is 2.90. The summed E-state index contributed by atoms with van der Waals surface area (Å²) in [6.45, 7) is 0.243. The van der Waals surface area contributed by atoms with Crippen LogP contribution < -0.4 is 5.32 Å². The van der Waals surface area contributed by atoms with Gasteiger partial charge in [-0.05, 0) is 17.7 Å². The summed E-state index contributed by atoms with van der Waals surface area (Å²) < 4.78 is 5.17. The van der Waals surface area contributed by atoms with Crippen LogP contribution in [0.2, 0.25) is 0 Å². The molecule has 0 aliphatic heterocycles. The Balaban J connectivity index is 1.64. The van der Waals surface area contributed by atoms with Crippen LogP contribution in [0, 0.1) is 0 Å². The van der Waals surface area contributed by atoms with Crippen molar-refractivity contribution >= 4 is 22.8 Å². The van der Waals surface area contributed by atoms with Gasteiger partial charge in [0.25, 0.3) is 0 Å². The van der Waals surface area contributed by atoms with Gasteiger partial charge in [-0.2, -0.15) is 0 Å². The van der Waals surface area contributed by atoms with Crippen molar-refractivity contribution in [1.82, 2.24) is 9.97 Å². The van der Waals surface area contributed by atoms with Crippen molar-refractivity contribution in [3.63, 3.8) is 0 Å². The van der Waals surface area contributed by atoms with Crippen LogP contribution >= 0.6 is 0 Å². The summed E-state index contributed by atoms with van der Waals surface area (Å²) in [6, 6.07) is 13.2. The Hall–Kier alpha value is -2.82. The molecule has 3 rings (SSSR count). The van der Waals surface area contributed by atoms with Crippen molar-refractivity contribution in [3.8, 4) is 0 Å². The van der Waals surface area contributed by atoms with Gasteiger partial charge in [0.1, 0.15) is 12.3 Å². The fourth-order valence-electron chi connectivity index (χ4n) is 1.93. The second-order valence-electron chi connectivity index (χ2n) is 4.29. The molecule has 0 atom stereocenters. The average Bonchev–Trinajstić information content (AvgIpc) is 2.90. The summed E-state index contributed by atoms with van der Waals surface area (Å²) in [7, 11) is 0. The topological polar surface area (TPSA) is 67.0 Å². The zero-order chi connectivity index (χ0) is 13.8. The van der Waals surface area contributed by atoms with E-state index in [2.05, 4.69) is 15.3 Å². The number of hydrogen-bond donors (Lipinski definition) is 2. The number of aromatic amines is 1. The van der Waals surface area contributed by atoms with Crippen LogP contribution in [-0.4, -0.2) is 16.1 Å². The van der Waals surface area contributed by atoms with Crippen LogP contribution in [0.5, 0.6) is 0 Å². The van der Waals surface area contributed by atoms with Gasteiger partial charge in [0.2, 0.25) is 0 Å². The van der Waals surface area contributed by atoms with Gasteiger partial charge < -0.3 is 9.72 Å². The zero-order valence-electron chi connectivity index (χ0n) is 10.7. The number of anilines is 1. The van der Waals surface area contributed by atoms with Crippen molar-refractivity contribution in [2.45, 2.75) is 6.61 Å². The van der Waals surface area contributed by atoms with Crippen molar-refractivity contribution < 1.29 is 9.53 Å². The summed E-state index contributed by atoms with van der Waals surface area (Å²) in [5.41, 5.74) is 2.33. The molecule has 100 valence electrons. The summed E-state index contributed by atoms with van der Waals surface area (Å²) in [4.78, 5) is 18.9. The van der Waals surface area contributed by atoms with Gasteiger partial charge in [-0.15, -0.1) is 0 Å². The molecule has 0 saturated heterocycles. The van der Waals surface area contributed by atoms with E-state index in [0.29, 0.717) is 5.69 Å². The third kappa shape index (κ3) is 2.61. The maximum atomic E-state index is 11.8. The number of ether oxygens (including phenoxy) is 1. The highest BCUT2D eigenvalue weighted by Crippen LogP contribution is 2.20. The first-order valence-electron chi connectivity index (χ1n) is 6.23. The number of fused-ring (bicyclic) bond motifs is 1. The number of nitrogens with zero attached hydrogens (tertiary/aromatic N) is 1. The van der Waals surface area contributed by atoms with Crippen LogP contribution in [-0.2, 0) is 11.3 Å². The molecule has 20 heavy (non-hydrogen) atoms. The molecule has 5 heteroatoms. The van der Waals surface area contributed by atoms with Gasteiger partial charge in [-0.3, -0.25) is 5.32 Å². The highest BCUT2D eigenvalue weighted by atomic mass is 16.5. The molecule has 5 nitrogen and oxygen atoms in total. The average molecular weight is 267 g/mol. The van der Waals surface area contributed by atoms with Gasteiger partial charge in [-0.25, -0.2) is 9.78 Å². The molecular formula is C15H13N3O2. The number of carbonyl (C=O) groups is 1. The lowest BCUT2D eigenvalue weighted by atomic mass is 10.2. The van der Waals surface area contributed by atoms with E-state index < -0.39 is 6.09 Å². The molecule has 0 unspecified atom stereocenters. The Labute approximate surface area is 115 Å². The third-order valence-corrected chi connectivity index (χ3v) is 2.90. The van der Waals surface area contributed by atoms with E-state index in [-0.39, 0.29) is 6.61 Å². The smallest absolute Gasteiger partial charge is 0.412 e. The number of aromatic nitrogens is 2. The number of nitrogens with one attached hydrogen (secondary N) is 2. The third-order valence-electron chi connectivity index (χ3n) is 2.90. The fraction of sp³-hybridized carbons (Fsp3) is 0.0667. The molecule has 0 spiro atoms. The first kappa shape index (κ1) is 12.2. The predicted molar refractivity (Wildman–Crippen MR) is 76.3 cm³/mol. The first-order valence-corrected chi connectivity index (χ1v) is 6.23. The lowest BCUT2D eigenvalue weighted by molar-refractivity contribution is 0.155. The molecule has 1 amide bonds. The predicted octanol–water partition coefficient (Wildman–Crippen LogP) is 3.31. The van der Waals surface area contributed by atoms with Gasteiger partial charge in [0.15, 0.2) is 0 Å². The number of rotatable bonds is 3. The van der Waals surface area contributed by atoms with Crippen molar-refractivity contribution in [1.29, 1.82) is 0 Å². The highest BCUT2D eigenvalue weighted by Gasteiger charge is 2.08. The van der Waals surface area contributed by atoms with Crippen LogP contribution in [0.25, 0.3) is 11.0 Å². The Morgan fingerprint density at radius 3 is 2.90 bits per heavy atom. The van der Waals surface area contributed by atoms with E-state index in [4.69, 9.17) is 4.74 Å². The molecular weight excluding hydrogens is 254 g/mol. The van der Waals surface area contributed by atoms with Crippen LogP contribution in [0.1, 0.15) is 5.56 Å². The van der Waals surface area contributed by atoms with E-state index in [9.17, 15) is 4.79 Å². The van der Waals surface area contributed by atoms with E-state index in [1.54, 1.807) is 12.4 Å². The molecule has 0 fully saturated rings. The molecule has 3 aromatic rings. The molecule has 0 saturated carbocycles. The number of H-pyrrole nitrogens is 1. The molecule has 0 aliphatic carbocycles. The van der Waals surface area contributed by atoms with Gasteiger partial charge >= 0.3 is 6.09 Å². The minimum Gasteiger partial charge on any atom is -0.444 e. The molecule has 1 aromatic carbocycles. The van der Waals surface area contributed by atoms with E-state index >= 15 is 0 Å². The SMILES string of the molecule is O=C(Nc1c[nH]c2ncccc12)OCc1ccccc1. The Kier molecular flexibility index (Phi) is 3.33. The van der Waals surface area contributed by atoms with Gasteiger partial charge in [0.05, 0.1) is 5.69 Å². The molecule has 0 radical (unpaired) electrons. The number of hydrogen-bond acceptors (Lipinski definition) is 3. The number of pyridine rings is 1. The minimum absolute atomic E-state index is 0.243. The fourth-order valence-corrected chi connectivity index (χ4v) is 1.93. The highest BCUT2D eigenvalue weighted by molar-refractivity contribution is 5.97. The van der Waals surface area contributed by atoms with E-state index in [1.165, 1.54) is 0 Å². The first-order chi connectivity index (χ1) is 9.83. The van der Waals surface area contributed by atoms with Crippen molar-refractivity contribution in [3.05, 3.63) is 60.4 Å². The standard InChI is InChI=1S/C15H13N3O2/c19-15(20-10-11-5-2-1-3-6-11)18-13-9-17-14-12(13)7-4-8-16-14/h1-9H,10H2,(H,16,17)(H,18,19). The summed E-state index contributed by atoms with van der Waals surface area (Å²) >= 11 is 0. The molecule has 0 aliphatic rings. The number of amides is 1. The van der Waals surface area contributed by atoms with Crippen molar-refractivity contribution in [2.75, 3.05) is 5.32 Å². The minimum atomic E-state index is -0.487. The Morgan fingerprint density at radius 1 is 1.20 bits per heavy atom. The van der Waals surface area contributed by atoms with Gasteiger partial charge in [0, 0.05) is 17.8 Å². The van der Waals surface area contributed by atoms with E-state index in [0.717, 1.165) is 16.6 Å².